The summed E-state index contributed by atoms with van der Waals surface area (Å²) in [7, 11) is -4.55. The van der Waals surface area contributed by atoms with E-state index in [1.54, 1.807) is 24.3 Å². The molecule has 0 saturated carbocycles. The quantitative estimate of drug-likeness (QED) is 0.128. The number of benzene rings is 2. The summed E-state index contributed by atoms with van der Waals surface area (Å²) in [5.74, 6) is -2.05. The van der Waals surface area contributed by atoms with E-state index >= 15 is 0 Å². The Morgan fingerprint density at radius 3 is 2.26 bits per heavy atom. The highest BCUT2D eigenvalue weighted by Gasteiger charge is 2.38. The van der Waals surface area contributed by atoms with Gasteiger partial charge in [0, 0.05) is 30.7 Å². The van der Waals surface area contributed by atoms with Crippen molar-refractivity contribution in [2.45, 2.75) is 31.3 Å². The van der Waals surface area contributed by atoms with E-state index < -0.39 is 63.5 Å². The Morgan fingerprint density at radius 1 is 1.10 bits per heavy atom. The molecule has 39 heavy (non-hydrogen) atoms. The minimum atomic E-state index is -4.68. The molecule has 1 heterocycles. The Kier molecular flexibility index (Phi) is 8.58. The van der Waals surface area contributed by atoms with E-state index in [0.29, 0.717) is 5.56 Å². The van der Waals surface area contributed by atoms with Crippen molar-refractivity contribution in [3.05, 3.63) is 76.0 Å². The second-order valence-electron chi connectivity index (χ2n) is 8.07. The summed E-state index contributed by atoms with van der Waals surface area (Å²) in [6.45, 7) is 1.11. The van der Waals surface area contributed by atoms with E-state index in [4.69, 9.17) is 4.74 Å². The number of alkyl halides is 3. The topological polar surface area (TPSA) is 153 Å². The molecule has 0 radical (unpaired) electrons. The number of amides is 1. The van der Waals surface area contributed by atoms with Crippen molar-refractivity contribution in [2.75, 3.05) is 13.3 Å². The zero-order valence-electron chi connectivity index (χ0n) is 20.5. The van der Waals surface area contributed by atoms with Crippen LogP contribution in [0.2, 0.25) is 0 Å². The second-order valence-corrected chi connectivity index (χ2v) is 9.94. The summed E-state index contributed by atoms with van der Waals surface area (Å²) in [5, 5.41) is 11.3. The molecule has 0 saturated heterocycles. The molecule has 0 atom stereocenters. The van der Waals surface area contributed by atoms with Crippen LogP contribution in [0.3, 0.4) is 0 Å². The highest BCUT2D eigenvalue weighted by atomic mass is 32.2. The number of aromatic nitrogens is 2. The number of carbonyl (C=O) groups is 2. The number of aryl methyl sites for hydroxylation is 1. The van der Waals surface area contributed by atoms with E-state index in [-0.39, 0.29) is 15.7 Å². The number of ether oxygens (including phenoxy) is 1. The third kappa shape index (κ3) is 7.10. The molecule has 0 aliphatic heterocycles. The fourth-order valence-electron chi connectivity index (χ4n) is 3.33. The van der Waals surface area contributed by atoms with Crippen LogP contribution in [0.4, 0.5) is 13.2 Å². The van der Waals surface area contributed by atoms with Crippen LogP contribution >= 0.6 is 0 Å². The van der Waals surface area contributed by atoms with Crippen LogP contribution in [0.15, 0.2) is 59.5 Å². The standard InChI is InChI=1S/C23H21F3N4O8S/c1-15-3-5-17(6-4-15)20-13-21(23(24,25)26)27-29(20)18-7-9-19(10-8-18)39(35,36)28(16(2)31)14-37-22(32)11-12-38-30(33)34/h3-10,13H,11-12,14H2,1-2H3/p+1. The number of rotatable bonds is 10. The number of H-pyrrole nitrogens is 1. The Bertz CT molecular complexity index is 1470. The second kappa shape index (κ2) is 11.5. The molecule has 1 amide bonds. The lowest BCUT2D eigenvalue weighted by molar-refractivity contribution is -0.757. The predicted molar refractivity (Wildman–Crippen MR) is 126 cm³/mol. The lowest BCUT2D eigenvalue weighted by atomic mass is 10.1. The van der Waals surface area contributed by atoms with Gasteiger partial charge in [-0.3, -0.25) is 9.59 Å². The zero-order chi connectivity index (χ0) is 29.0. The van der Waals surface area contributed by atoms with Crippen LogP contribution in [0.1, 0.15) is 24.6 Å². The van der Waals surface area contributed by atoms with Crippen molar-refractivity contribution < 1.29 is 50.5 Å². The molecule has 0 aliphatic rings. The molecule has 2 aromatic carbocycles. The van der Waals surface area contributed by atoms with Gasteiger partial charge in [-0.1, -0.05) is 22.4 Å². The molecule has 0 fully saturated rings. The number of sulfonamides is 1. The van der Waals surface area contributed by atoms with Gasteiger partial charge >= 0.3 is 12.1 Å². The average Bonchev–Trinajstić information content (AvgIpc) is 3.30. The Labute approximate surface area is 219 Å². The van der Waals surface area contributed by atoms with Gasteiger partial charge in [0.05, 0.1) is 11.3 Å². The van der Waals surface area contributed by atoms with Crippen LogP contribution in [0.5, 0.6) is 0 Å². The number of halogens is 3. The summed E-state index contributed by atoms with van der Waals surface area (Å²) >= 11 is 0. The lowest BCUT2D eigenvalue weighted by Crippen LogP contribution is -2.38. The molecule has 3 aromatic rings. The first-order valence-electron chi connectivity index (χ1n) is 11.1. The van der Waals surface area contributed by atoms with Gasteiger partial charge in [0.2, 0.25) is 17.3 Å². The maximum atomic E-state index is 13.5. The van der Waals surface area contributed by atoms with Gasteiger partial charge in [-0.15, -0.1) is 10.1 Å². The van der Waals surface area contributed by atoms with Crippen LogP contribution in [-0.2, 0) is 35.4 Å². The smallest absolute Gasteiger partial charge is 0.436 e. The number of nitrogens with one attached hydrogen (secondary N) is 1. The Morgan fingerprint density at radius 2 is 1.72 bits per heavy atom. The summed E-state index contributed by atoms with van der Waals surface area (Å²) in [4.78, 5) is 37.4. The molecule has 208 valence electrons. The third-order valence-electron chi connectivity index (χ3n) is 5.29. The van der Waals surface area contributed by atoms with Gasteiger partial charge in [-0.2, -0.15) is 22.6 Å². The maximum Gasteiger partial charge on any atom is 0.436 e. The largest absolute Gasteiger partial charge is 0.443 e. The number of aromatic amines is 1. The zero-order valence-corrected chi connectivity index (χ0v) is 21.3. The van der Waals surface area contributed by atoms with Crippen molar-refractivity contribution in [1.82, 2.24) is 9.40 Å². The highest BCUT2D eigenvalue weighted by molar-refractivity contribution is 7.89. The van der Waals surface area contributed by atoms with Crippen LogP contribution in [0, 0.1) is 17.0 Å². The Balaban J connectivity index is 1.88. The first-order chi connectivity index (χ1) is 18.2. The molecule has 3 rings (SSSR count). The maximum absolute atomic E-state index is 13.5. The normalized spacial score (nSPS) is 11.6. The van der Waals surface area contributed by atoms with E-state index in [1.165, 1.54) is 12.1 Å². The van der Waals surface area contributed by atoms with Crippen LogP contribution < -0.4 is 4.68 Å². The molecule has 1 aromatic heterocycles. The number of nitrogens with zero attached hydrogens (tertiary/aromatic N) is 3. The van der Waals surface area contributed by atoms with E-state index in [1.807, 2.05) is 6.92 Å². The number of hydrogen-bond donors (Lipinski definition) is 1. The van der Waals surface area contributed by atoms with Crippen molar-refractivity contribution in [2.24, 2.45) is 0 Å². The summed E-state index contributed by atoms with van der Waals surface area (Å²) in [5.41, 5.74) is 0.667. The third-order valence-corrected chi connectivity index (χ3v) is 7.10. The molecule has 0 aliphatic carbocycles. The van der Waals surface area contributed by atoms with E-state index in [2.05, 4.69) is 9.94 Å². The summed E-state index contributed by atoms with van der Waals surface area (Å²) in [6.07, 6.45) is -5.25. The fraction of sp³-hybridized carbons (Fsp3) is 0.261. The van der Waals surface area contributed by atoms with Crippen LogP contribution in [0.25, 0.3) is 16.9 Å². The molecule has 16 heteroatoms. The highest BCUT2D eigenvalue weighted by Crippen LogP contribution is 2.30. The summed E-state index contributed by atoms with van der Waals surface area (Å²) in [6, 6.07) is 12.3. The van der Waals surface area contributed by atoms with Gasteiger partial charge in [-0.25, -0.2) is 8.42 Å². The van der Waals surface area contributed by atoms with Gasteiger partial charge in [0.25, 0.3) is 15.1 Å². The number of hydrogen-bond acceptors (Lipinski definition) is 8. The van der Waals surface area contributed by atoms with Crippen molar-refractivity contribution in [1.29, 1.82) is 0 Å². The SMILES string of the molecule is CC(=O)N(COC(=O)CCO[N+](=O)[O-])S(=O)(=O)c1ccc(-[n+]2[nH]c(C(F)(F)F)cc2-c2ccc(C)cc2)cc1. The molecular formula is C23H22F3N4O8S+. The van der Waals surface area contributed by atoms with Crippen molar-refractivity contribution in [3.8, 4) is 16.9 Å². The lowest BCUT2D eigenvalue weighted by Gasteiger charge is -2.20. The first kappa shape index (κ1) is 29.1. The minimum absolute atomic E-state index is 0.159. The number of esters is 1. The van der Waals surface area contributed by atoms with Gasteiger partial charge < -0.3 is 9.57 Å². The molecule has 12 nitrogen and oxygen atoms in total. The monoisotopic (exact) mass is 571 g/mol. The molecule has 0 spiro atoms. The van der Waals surface area contributed by atoms with Gasteiger partial charge in [0.1, 0.15) is 6.61 Å². The van der Waals surface area contributed by atoms with Crippen LogP contribution in [-0.4, -0.2) is 48.1 Å². The predicted octanol–water partition coefficient (Wildman–Crippen LogP) is 2.92. The average molecular weight is 572 g/mol. The molecule has 0 bridgehead atoms. The fourth-order valence-corrected chi connectivity index (χ4v) is 4.59. The Hall–Kier alpha value is -4.47. The first-order valence-corrected chi connectivity index (χ1v) is 12.5. The summed E-state index contributed by atoms with van der Waals surface area (Å²) < 4.78 is 72.6. The van der Waals surface area contributed by atoms with E-state index in [0.717, 1.165) is 35.4 Å². The van der Waals surface area contributed by atoms with Gasteiger partial charge in [-0.05, 0) is 31.2 Å². The van der Waals surface area contributed by atoms with E-state index in [9.17, 15) is 41.3 Å². The van der Waals surface area contributed by atoms with Crippen molar-refractivity contribution in [3.63, 3.8) is 0 Å². The van der Waals surface area contributed by atoms with Crippen molar-refractivity contribution >= 4 is 21.9 Å². The molecule has 1 N–H and O–H groups in total. The number of carbonyl (C=O) groups excluding carboxylic acids is 2. The molecular weight excluding hydrogens is 549 g/mol. The minimum Gasteiger partial charge on any atom is -0.443 e. The molecule has 0 unspecified atom stereocenters. The van der Waals surface area contributed by atoms with Gasteiger partial charge in [0.15, 0.2) is 12.4 Å².